The Morgan fingerprint density at radius 3 is 2.41 bits per heavy atom. The van der Waals surface area contributed by atoms with Gasteiger partial charge in [-0.3, -0.25) is 4.79 Å². The van der Waals surface area contributed by atoms with E-state index < -0.39 is 21.7 Å². The summed E-state index contributed by atoms with van der Waals surface area (Å²) in [4.78, 5) is 11.6. The average molecular weight is 389 g/mol. The van der Waals surface area contributed by atoms with E-state index >= 15 is 0 Å². The SMILES string of the molecule is NC(=O)c1ccc2c(c1)C1(CCN(S(=O)(=O)c3ccc(F)cc3)CC1)CN2. The van der Waals surface area contributed by atoms with Crippen molar-refractivity contribution in [2.24, 2.45) is 5.73 Å². The smallest absolute Gasteiger partial charge is 0.248 e. The number of anilines is 1. The summed E-state index contributed by atoms with van der Waals surface area (Å²) in [6, 6.07) is 10.3. The predicted molar refractivity (Wildman–Crippen MR) is 99.5 cm³/mol. The fourth-order valence-electron chi connectivity index (χ4n) is 4.01. The third kappa shape index (κ3) is 2.98. The maximum Gasteiger partial charge on any atom is 0.248 e. The van der Waals surface area contributed by atoms with Crippen LogP contribution in [-0.2, 0) is 15.4 Å². The molecule has 1 saturated heterocycles. The molecule has 0 unspecified atom stereocenters. The molecule has 1 spiro atoms. The van der Waals surface area contributed by atoms with Crippen LogP contribution >= 0.6 is 0 Å². The summed E-state index contributed by atoms with van der Waals surface area (Å²) in [5.74, 6) is -0.943. The fraction of sp³-hybridized carbons (Fsp3) is 0.316. The largest absolute Gasteiger partial charge is 0.384 e. The second-order valence-corrected chi connectivity index (χ2v) is 9.05. The lowest BCUT2D eigenvalue weighted by atomic mass is 9.74. The maximum atomic E-state index is 13.1. The van der Waals surface area contributed by atoms with E-state index in [1.54, 1.807) is 6.07 Å². The third-order valence-electron chi connectivity index (χ3n) is 5.62. The van der Waals surface area contributed by atoms with Gasteiger partial charge in [0.2, 0.25) is 15.9 Å². The molecule has 0 atom stereocenters. The zero-order valence-corrected chi connectivity index (χ0v) is 15.4. The number of carbonyl (C=O) groups is 1. The number of sulfonamides is 1. The summed E-state index contributed by atoms with van der Waals surface area (Å²) in [6.45, 7) is 1.43. The van der Waals surface area contributed by atoms with Gasteiger partial charge in [-0.05, 0) is 60.9 Å². The number of amides is 1. The molecule has 2 aromatic rings. The molecule has 8 heteroatoms. The van der Waals surface area contributed by atoms with E-state index in [-0.39, 0.29) is 10.3 Å². The average Bonchev–Trinajstić information content (AvgIpc) is 3.00. The van der Waals surface area contributed by atoms with Crippen molar-refractivity contribution in [1.29, 1.82) is 0 Å². The van der Waals surface area contributed by atoms with Gasteiger partial charge in [0.15, 0.2) is 0 Å². The van der Waals surface area contributed by atoms with Gasteiger partial charge >= 0.3 is 0 Å². The molecule has 27 heavy (non-hydrogen) atoms. The topological polar surface area (TPSA) is 92.5 Å². The number of rotatable bonds is 3. The molecule has 1 amide bonds. The minimum Gasteiger partial charge on any atom is -0.384 e. The van der Waals surface area contributed by atoms with Crippen molar-refractivity contribution in [2.45, 2.75) is 23.2 Å². The lowest BCUT2D eigenvalue weighted by Gasteiger charge is -2.38. The van der Waals surface area contributed by atoms with Gasteiger partial charge in [-0.2, -0.15) is 4.31 Å². The van der Waals surface area contributed by atoms with Gasteiger partial charge in [0.1, 0.15) is 5.82 Å². The number of primary amides is 1. The highest BCUT2D eigenvalue weighted by molar-refractivity contribution is 7.89. The van der Waals surface area contributed by atoms with Crippen molar-refractivity contribution in [3.05, 3.63) is 59.4 Å². The van der Waals surface area contributed by atoms with Gasteiger partial charge in [-0.25, -0.2) is 12.8 Å². The number of benzene rings is 2. The number of halogens is 1. The Balaban J connectivity index is 1.58. The predicted octanol–water partition coefficient (Wildman–Crippen LogP) is 2.07. The van der Waals surface area contributed by atoms with E-state index in [1.807, 2.05) is 12.1 Å². The first kappa shape index (κ1) is 17.9. The highest BCUT2D eigenvalue weighted by Crippen LogP contribution is 2.45. The van der Waals surface area contributed by atoms with Crippen molar-refractivity contribution >= 4 is 21.6 Å². The molecule has 3 N–H and O–H groups in total. The number of hydrogen-bond donors (Lipinski definition) is 2. The molecule has 1 fully saturated rings. The zero-order chi connectivity index (χ0) is 19.2. The molecule has 0 saturated carbocycles. The highest BCUT2D eigenvalue weighted by atomic mass is 32.2. The number of nitrogens with zero attached hydrogens (tertiary/aromatic N) is 1. The lowest BCUT2D eigenvalue weighted by Crippen LogP contribution is -2.46. The van der Waals surface area contributed by atoms with Crippen LogP contribution in [0.5, 0.6) is 0 Å². The van der Waals surface area contributed by atoms with Crippen molar-refractivity contribution in [1.82, 2.24) is 4.31 Å². The summed E-state index contributed by atoms with van der Waals surface area (Å²) in [6.07, 6.45) is 1.27. The Kier molecular flexibility index (Phi) is 4.20. The van der Waals surface area contributed by atoms with Gasteiger partial charge in [0.25, 0.3) is 0 Å². The number of hydrogen-bond acceptors (Lipinski definition) is 4. The van der Waals surface area contributed by atoms with Crippen LogP contribution in [0.1, 0.15) is 28.8 Å². The summed E-state index contributed by atoms with van der Waals surface area (Å²) in [5, 5.41) is 3.36. The molecule has 142 valence electrons. The minimum absolute atomic E-state index is 0.0980. The molecule has 2 aliphatic heterocycles. The van der Waals surface area contributed by atoms with E-state index in [0.717, 1.165) is 23.4 Å². The number of nitrogens with one attached hydrogen (secondary N) is 1. The standard InChI is InChI=1S/C19H20FN3O3S/c20-14-2-4-15(5-3-14)27(25,26)23-9-7-19(8-10-23)12-22-17-6-1-13(18(21)24)11-16(17)19/h1-6,11,22H,7-10,12H2,(H2,21,24). The molecule has 2 aliphatic rings. The van der Waals surface area contributed by atoms with Crippen LogP contribution in [0, 0.1) is 5.82 Å². The first-order chi connectivity index (χ1) is 12.8. The highest BCUT2D eigenvalue weighted by Gasteiger charge is 2.43. The zero-order valence-electron chi connectivity index (χ0n) is 14.6. The van der Waals surface area contributed by atoms with E-state index in [2.05, 4.69) is 5.32 Å². The molecule has 0 radical (unpaired) electrons. The Morgan fingerprint density at radius 1 is 1.11 bits per heavy atom. The fourth-order valence-corrected chi connectivity index (χ4v) is 5.45. The van der Waals surface area contributed by atoms with Crippen LogP contribution in [0.15, 0.2) is 47.4 Å². The quantitative estimate of drug-likeness (QED) is 0.841. The first-order valence-electron chi connectivity index (χ1n) is 8.76. The van der Waals surface area contributed by atoms with Gasteiger partial charge < -0.3 is 11.1 Å². The molecule has 0 aromatic heterocycles. The normalized spacial score (nSPS) is 18.9. The number of piperidine rings is 1. The Hall–Kier alpha value is -2.45. The van der Waals surface area contributed by atoms with E-state index in [4.69, 9.17) is 5.73 Å². The van der Waals surface area contributed by atoms with Crippen molar-refractivity contribution in [3.8, 4) is 0 Å². The van der Waals surface area contributed by atoms with E-state index in [0.29, 0.717) is 38.0 Å². The summed E-state index contributed by atoms with van der Waals surface area (Å²) < 4.78 is 40.2. The van der Waals surface area contributed by atoms with Crippen LogP contribution in [0.25, 0.3) is 0 Å². The molecule has 0 bridgehead atoms. The number of fused-ring (bicyclic) bond motifs is 2. The van der Waals surface area contributed by atoms with Gasteiger partial charge in [-0.1, -0.05) is 0 Å². The van der Waals surface area contributed by atoms with Crippen LogP contribution in [0.3, 0.4) is 0 Å². The molecule has 6 nitrogen and oxygen atoms in total. The van der Waals surface area contributed by atoms with Gasteiger partial charge in [0, 0.05) is 36.3 Å². The first-order valence-corrected chi connectivity index (χ1v) is 10.2. The number of carbonyl (C=O) groups excluding carboxylic acids is 1. The van der Waals surface area contributed by atoms with Gasteiger partial charge in [0.05, 0.1) is 4.90 Å². The Bertz CT molecular complexity index is 997. The molecule has 2 aromatic carbocycles. The third-order valence-corrected chi connectivity index (χ3v) is 7.54. The lowest BCUT2D eigenvalue weighted by molar-refractivity contribution is 0.1000. The van der Waals surface area contributed by atoms with Crippen molar-refractivity contribution in [3.63, 3.8) is 0 Å². The molecular formula is C19H20FN3O3S. The number of nitrogens with two attached hydrogens (primary N) is 1. The van der Waals surface area contributed by atoms with Crippen LogP contribution in [0.4, 0.5) is 10.1 Å². The van der Waals surface area contributed by atoms with Crippen molar-refractivity contribution < 1.29 is 17.6 Å². The summed E-state index contributed by atoms with van der Waals surface area (Å²) in [7, 11) is -3.65. The second-order valence-electron chi connectivity index (χ2n) is 7.12. The summed E-state index contributed by atoms with van der Waals surface area (Å²) in [5.41, 5.74) is 7.64. The minimum atomic E-state index is -3.65. The van der Waals surface area contributed by atoms with Crippen LogP contribution < -0.4 is 11.1 Å². The van der Waals surface area contributed by atoms with E-state index in [1.165, 1.54) is 16.4 Å². The monoisotopic (exact) mass is 389 g/mol. The van der Waals surface area contributed by atoms with Crippen LogP contribution in [0.2, 0.25) is 0 Å². The Morgan fingerprint density at radius 2 is 1.78 bits per heavy atom. The summed E-state index contributed by atoms with van der Waals surface area (Å²) >= 11 is 0. The van der Waals surface area contributed by atoms with Crippen LogP contribution in [-0.4, -0.2) is 38.3 Å². The molecule has 0 aliphatic carbocycles. The molecule has 2 heterocycles. The van der Waals surface area contributed by atoms with E-state index in [9.17, 15) is 17.6 Å². The molecular weight excluding hydrogens is 369 g/mol. The maximum absolute atomic E-state index is 13.1. The molecule has 4 rings (SSSR count). The second kappa shape index (κ2) is 6.31. The van der Waals surface area contributed by atoms with Gasteiger partial charge in [-0.15, -0.1) is 0 Å². The van der Waals surface area contributed by atoms with Crippen molar-refractivity contribution in [2.75, 3.05) is 25.0 Å². The Labute approximate surface area is 157 Å².